The molecule has 39 heavy (non-hydrogen) atoms. The maximum atomic E-state index is 11.0. The Hall–Kier alpha value is -4.03. The van der Waals surface area contributed by atoms with Crippen LogP contribution in [0.5, 0.6) is 11.5 Å². The van der Waals surface area contributed by atoms with Gasteiger partial charge >= 0.3 is 5.97 Å². The minimum Gasteiger partial charge on any atom is -0.497 e. The van der Waals surface area contributed by atoms with Crippen LogP contribution in [0, 0.1) is 0 Å². The third kappa shape index (κ3) is 6.52. The number of rotatable bonds is 9. The first-order valence-corrected chi connectivity index (χ1v) is 13.5. The van der Waals surface area contributed by atoms with Gasteiger partial charge in [0, 0.05) is 34.5 Å². The summed E-state index contributed by atoms with van der Waals surface area (Å²) in [5.41, 5.74) is 4.72. The van der Waals surface area contributed by atoms with Crippen molar-refractivity contribution in [2.45, 2.75) is 44.8 Å². The molecule has 7 heteroatoms. The number of aromatic nitrogens is 2. The van der Waals surface area contributed by atoms with Gasteiger partial charge in [-0.2, -0.15) is 0 Å². The van der Waals surface area contributed by atoms with Gasteiger partial charge in [0.1, 0.15) is 23.9 Å². The summed E-state index contributed by atoms with van der Waals surface area (Å²) in [4.78, 5) is 15.8. The third-order valence-electron chi connectivity index (χ3n) is 7.09. The predicted octanol–water partition coefficient (Wildman–Crippen LogP) is 8.06. The van der Waals surface area contributed by atoms with Crippen LogP contribution < -0.4 is 9.47 Å². The van der Waals surface area contributed by atoms with Gasteiger partial charge in [0.15, 0.2) is 0 Å². The first-order valence-electron chi connectivity index (χ1n) is 13.2. The summed E-state index contributed by atoms with van der Waals surface area (Å²) in [5, 5.41) is 9.75. The number of carbonyl (C=O) groups is 1. The number of hydrogen-bond donors (Lipinski definition) is 1. The Labute approximate surface area is 233 Å². The summed E-state index contributed by atoms with van der Waals surface area (Å²) >= 11 is 6.09. The number of carboxylic acids is 1. The highest BCUT2D eigenvalue weighted by Gasteiger charge is 2.20. The first kappa shape index (κ1) is 26.6. The van der Waals surface area contributed by atoms with Crippen LogP contribution >= 0.6 is 11.6 Å². The Balaban J connectivity index is 1.37. The van der Waals surface area contributed by atoms with Gasteiger partial charge in [-0.15, -0.1) is 0 Å². The third-order valence-corrected chi connectivity index (χ3v) is 7.34. The molecule has 0 radical (unpaired) electrons. The Morgan fingerprint density at radius 2 is 1.69 bits per heavy atom. The topological polar surface area (TPSA) is 73.6 Å². The van der Waals surface area contributed by atoms with E-state index in [-0.39, 0.29) is 0 Å². The molecule has 0 amide bonds. The minimum absolute atomic E-state index is 0.364. The zero-order chi connectivity index (χ0) is 27.2. The summed E-state index contributed by atoms with van der Waals surface area (Å²) in [7, 11) is 1.65. The second kappa shape index (κ2) is 12.2. The van der Waals surface area contributed by atoms with Crippen molar-refractivity contribution in [3.63, 3.8) is 0 Å². The molecule has 1 saturated carbocycles. The predicted molar refractivity (Wildman–Crippen MR) is 154 cm³/mol. The maximum Gasteiger partial charge on any atom is 0.328 e. The van der Waals surface area contributed by atoms with Gasteiger partial charge in [-0.3, -0.25) is 0 Å². The van der Waals surface area contributed by atoms with Gasteiger partial charge in [0.05, 0.1) is 12.8 Å². The molecule has 5 rings (SSSR count). The highest BCUT2D eigenvalue weighted by molar-refractivity contribution is 6.30. The Bertz CT molecular complexity index is 1450. The summed E-state index contributed by atoms with van der Waals surface area (Å²) in [6.07, 6.45) is 10.5. The number of aliphatic carboxylic acids is 1. The molecule has 6 nitrogen and oxygen atoms in total. The second-order valence-corrected chi connectivity index (χ2v) is 10.1. The number of imidazole rings is 1. The second-order valence-electron chi connectivity index (χ2n) is 9.70. The van der Waals surface area contributed by atoms with Crippen LogP contribution in [-0.4, -0.2) is 27.7 Å². The minimum atomic E-state index is -0.986. The van der Waals surface area contributed by atoms with Gasteiger partial charge in [0.2, 0.25) is 0 Å². The molecule has 4 aromatic rings. The molecule has 0 spiro atoms. The van der Waals surface area contributed by atoms with Crippen molar-refractivity contribution in [1.29, 1.82) is 0 Å². The van der Waals surface area contributed by atoms with E-state index in [9.17, 15) is 4.79 Å². The van der Waals surface area contributed by atoms with Gasteiger partial charge in [-0.1, -0.05) is 49.1 Å². The number of hydrogen-bond acceptors (Lipinski definition) is 4. The Morgan fingerprint density at radius 1 is 1.00 bits per heavy atom. The van der Waals surface area contributed by atoms with Crippen molar-refractivity contribution in [3.05, 3.63) is 95.3 Å². The smallest absolute Gasteiger partial charge is 0.328 e. The molecule has 0 bridgehead atoms. The van der Waals surface area contributed by atoms with Crippen LogP contribution in [0.25, 0.3) is 28.6 Å². The zero-order valence-corrected chi connectivity index (χ0v) is 22.6. The maximum absolute atomic E-state index is 11.0. The lowest BCUT2D eigenvalue weighted by atomic mass is 9.95. The van der Waals surface area contributed by atoms with Crippen molar-refractivity contribution in [2.75, 3.05) is 7.11 Å². The number of ether oxygens (including phenoxy) is 2. The van der Waals surface area contributed by atoms with Gasteiger partial charge in [-0.25, -0.2) is 9.78 Å². The van der Waals surface area contributed by atoms with Gasteiger partial charge < -0.3 is 19.1 Å². The van der Waals surface area contributed by atoms with Crippen molar-refractivity contribution >= 4 is 23.6 Å². The highest BCUT2D eigenvalue weighted by Crippen LogP contribution is 2.34. The van der Waals surface area contributed by atoms with E-state index in [0.29, 0.717) is 23.4 Å². The quantitative estimate of drug-likeness (QED) is 0.216. The standard InChI is InChI=1S/C32H31ClN2O4/c1-38-29-16-17-30(22-7-11-25(33)12-8-22)24(19-29)21-39-28-14-9-23(10-15-28)32-34-26(13-18-31(36)37)20-35(32)27-5-3-2-4-6-27/h7-20,27H,2-6,21H2,1H3,(H,36,37). The Kier molecular flexibility index (Phi) is 8.33. The largest absolute Gasteiger partial charge is 0.497 e. The zero-order valence-electron chi connectivity index (χ0n) is 21.8. The van der Waals surface area contributed by atoms with E-state index in [4.69, 9.17) is 31.2 Å². The molecule has 1 aliphatic carbocycles. The van der Waals surface area contributed by atoms with E-state index in [2.05, 4.69) is 4.57 Å². The van der Waals surface area contributed by atoms with Crippen LogP contribution in [0.1, 0.15) is 49.4 Å². The fourth-order valence-corrected chi connectivity index (χ4v) is 5.22. The van der Waals surface area contributed by atoms with Gasteiger partial charge in [-0.05, 0) is 78.6 Å². The van der Waals surface area contributed by atoms with Gasteiger partial charge in [0.25, 0.3) is 0 Å². The molecule has 200 valence electrons. The van der Waals surface area contributed by atoms with E-state index < -0.39 is 5.97 Å². The monoisotopic (exact) mass is 542 g/mol. The molecule has 1 heterocycles. The van der Waals surface area contributed by atoms with Crippen molar-refractivity contribution in [1.82, 2.24) is 9.55 Å². The molecule has 3 aromatic carbocycles. The SMILES string of the molecule is COc1ccc(-c2ccc(Cl)cc2)c(COc2ccc(-c3nc(C=CC(=O)O)cn3C3CCCCC3)cc2)c1. The highest BCUT2D eigenvalue weighted by atomic mass is 35.5. The summed E-state index contributed by atoms with van der Waals surface area (Å²) in [5.74, 6) is 1.37. The Morgan fingerprint density at radius 3 is 2.38 bits per heavy atom. The summed E-state index contributed by atoms with van der Waals surface area (Å²) < 4.78 is 13.9. The number of carboxylic acid groups (broad SMARTS) is 1. The first-order chi connectivity index (χ1) is 19.0. The average Bonchev–Trinajstić information content (AvgIpc) is 3.40. The van der Waals surface area contributed by atoms with Crippen LogP contribution in [0.15, 0.2) is 79.0 Å². The number of halogens is 1. The molecular formula is C32H31ClN2O4. The fourth-order valence-electron chi connectivity index (χ4n) is 5.09. The molecule has 1 aromatic heterocycles. The van der Waals surface area contributed by atoms with Crippen molar-refractivity contribution < 1.29 is 19.4 Å². The number of nitrogens with zero attached hydrogens (tertiary/aromatic N) is 2. The molecule has 1 fully saturated rings. The van der Waals surface area contributed by atoms with Crippen LogP contribution in [-0.2, 0) is 11.4 Å². The summed E-state index contributed by atoms with van der Waals surface area (Å²) in [6, 6.07) is 22.0. The molecule has 1 N–H and O–H groups in total. The normalized spacial score (nSPS) is 14.0. The lowest BCUT2D eigenvalue weighted by Gasteiger charge is -2.24. The number of methoxy groups -OCH3 is 1. The average molecular weight is 543 g/mol. The molecule has 0 saturated heterocycles. The van der Waals surface area contributed by atoms with E-state index in [0.717, 1.165) is 58.5 Å². The summed E-state index contributed by atoms with van der Waals surface area (Å²) in [6.45, 7) is 0.370. The van der Waals surface area contributed by atoms with Crippen molar-refractivity contribution in [3.8, 4) is 34.0 Å². The molecule has 1 aliphatic rings. The number of benzene rings is 3. The van der Waals surface area contributed by atoms with E-state index in [1.165, 1.54) is 19.3 Å². The molecular weight excluding hydrogens is 512 g/mol. The lowest BCUT2D eigenvalue weighted by molar-refractivity contribution is -0.131. The van der Waals surface area contributed by atoms with Crippen LogP contribution in [0.2, 0.25) is 5.02 Å². The van der Waals surface area contributed by atoms with Crippen LogP contribution in [0.4, 0.5) is 0 Å². The molecule has 0 atom stereocenters. The molecule has 0 unspecified atom stereocenters. The fraction of sp³-hybridized carbons (Fsp3) is 0.250. The molecule has 0 aliphatic heterocycles. The van der Waals surface area contributed by atoms with Crippen LogP contribution in [0.3, 0.4) is 0 Å². The lowest BCUT2D eigenvalue weighted by Crippen LogP contribution is -2.13. The van der Waals surface area contributed by atoms with E-state index >= 15 is 0 Å². The van der Waals surface area contributed by atoms with E-state index in [1.807, 2.05) is 72.9 Å². The van der Waals surface area contributed by atoms with Crippen molar-refractivity contribution in [2.24, 2.45) is 0 Å². The van der Waals surface area contributed by atoms with E-state index in [1.54, 1.807) is 13.2 Å².